The minimum absolute atomic E-state index is 0.00157. The number of carbonyl (C=O) groups is 2. The Kier molecular flexibility index (Phi) is 5.90. The van der Waals surface area contributed by atoms with Gasteiger partial charge in [-0.05, 0) is 99.7 Å². The number of amides is 2. The van der Waals surface area contributed by atoms with E-state index < -0.39 is 17.0 Å². The number of halogens is 1. The van der Waals surface area contributed by atoms with Crippen LogP contribution in [0.25, 0.3) is 0 Å². The Balaban J connectivity index is 1.23. The van der Waals surface area contributed by atoms with Gasteiger partial charge in [-0.1, -0.05) is 6.07 Å². The topological polar surface area (TPSA) is 87.7 Å². The molecule has 2 unspecified atom stereocenters. The SMILES string of the molecule is COc1cc(C[C@@]2(CCC(=O)N[C@H](C)C34C[C@@H]5C[C@@H](CC(O)(C5)C3)C4)CCC(=O)N2)ccc1F. The van der Waals surface area contributed by atoms with Gasteiger partial charge in [0.25, 0.3) is 0 Å². The van der Waals surface area contributed by atoms with Gasteiger partial charge in [-0.15, -0.1) is 0 Å². The fraction of sp³-hybridized carbons (Fsp3) is 0.704. The number of carbonyl (C=O) groups excluding carboxylic acids is 2. The van der Waals surface area contributed by atoms with Crippen LogP contribution in [0.3, 0.4) is 0 Å². The molecule has 0 radical (unpaired) electrons. The predicted octanol–water partition coefficient (Wildman–Crippen LogP) is 3.64. The first kappa shape index (κ1) is 23.6. The maximum Gasteiger partial charge on any atom is 0.220 e. The van der Waals surface area contributed by atoms with E-state index in [0.29, 0.717) is 43.9 Å². The Morgan fingerprint density at radius 1 is 1.29 bits per heavy atom. The van der Waals surface area contributed by atoms with Crippen LogP contribution in [0.4, 0.5) is 4.39 Å². The van der Waals surface area contributed by atoms with Crippen molar-refractivity contribution in [3.63, 3.8) is 0 Å². The molecule has 1 aromatic rings. The van der Waals surface area contributed by atoms with Crippen molar-refractivity contribution in [2.45, 2.75) is 94.7 Å². The molecule has 1 saturated heterocycles. The normalized spacial score (nSPS) is 36.9. The third-order valence-corrected chi connectivity index (χ3v) is 9.20. The van der Waals surface area contributed by atoms with Crippen molar-refractivity contribution in [2.75, 3.05) is 7.11 Å². The van der Waals surface area contributed by atoms with E-state index in [1.165, 1.54) is 19.6 Å². The lowest BCUT2D eigenvalue weighted by Gasteiger charge is -2.62. The van der Waals surface area contributed by atoms with Crippen molar-refractivity contribution >= 4 is 11.8 Å². The average molecular weight is 473 g/mol. The Labute approximate surface area is 201 Å². The molecule has 2 amide bonds. The molecule has 1 aromatic carbocycles. The van der Waals surface area contributed by atoms with E-state index in [0.717, 1.165) is 37.7 Å². The van der Waals surface area contributed by atoms with Crippen LogP contribution in [0.15, 0.2) is 18.2 Å². The fourth-order valence-electron chi connectivity index (χ4n) is 8.00. The molecular weight excluding hydrogens is 435 g/mol. The number of rotatable bonds is 8. The number of methoxy groups -OCH3 is 1. The molecule has 0 aromatic heterocycles. The predicted molar refractivity (Wildman–Crippen MR) is 126 cm³/mol. The number of hydrogen-bond donors (Lipinski definition) is 3. The third kappa shape index (κ3) is 4.43. The van der Waals surface area contributed by atoms with Crippen LogP contribution in [-0.2, 0) is 16.0 Å². The van der Waals surface area contributed by atoms with Gasteiger partial charge in [-0.3, -0.25) is 9.59 Å². The minimum Gasteiger partial charge on any atom is -0.494 e. The molecule has 6 atom stereocenters. The van der Waals surface area contributed by atoms with Gasteiger partial charge in [0.2, 0.25) is 11.8 Å². The molecule has 6 rings (SSSR count). The third-order valence-electron chi connectivity index (χ3n) is 9.20. The Morgan fingerprint density at radius 3 is 2.65 bits per heavy atom. The molecule has 34 heavy (non-hydrogen) atoms. The lowest BCUT2D eigenvalue weighted by molar-refractivity contribution is -0.173. The molecule has 4 bridgehead atoms. The molecule has 1 heterocycles. The summed E-state index contributed by atoms with van der Waals surface area (Å²) in [6, 6.07) is 4.78. The van der Waals surface area contributed by atoms with Crippen LogP contribution in [-0.4, -0.2) is 41.2 Å². The monoisotopic (exact) mass is 472 g/mol. The maximum atomic E-state index is 13.8. The van der Waals surface area contributed by atoms with E-state index in [1.807, 2.05) is 0 Å². The highest BCUT2D eigenvalue weighted by molar-refractivity contribution is 5.80. The summed E-state index contributed by atoms with van der Waals surface area (Å²) >= 11 is 0. The molecule has 3 N–H and O–H groups in total. The van der Waals surface area contributed by atoms with E-state index in [1.54, 1.807) is 12.1 Å². The molecule has 5 aliphatic rings. The summed E-state index contributed by atoms with van der Waals surface area (Å²) in [5.41, 5.74) is -0.192. The van der Waals surface area contributed by atoms with Gasteiger partial charge >= 0.3 is 0 Å². The second-order valence-electron chi connectivity index (χ2n) is 11.8. The zero-order chi connectivity index (χ0) is 24.1. The van der Waals surface area contributed by atoms with E-state index >= 15 is 0 Å². The molecule has 186 valence electrons. The Morgan fingerprint density at radius 2 is 2.03 bits per heavy atom. The lowest BCUT2D eigenvalue weighted by atomic mass is 9.46. The molecule has 4 aliphatic carbocycles. The molecule has 5 fully saturated rings. The number of benzene rings is 1. The summed E-state index contributed by atoms with van der Waals surface area (Å²) < 4.78 is 19.0. The van der Waals surface area contributed by atoms with E-state index in [2.05, 4.69) is 17.6 Å². The quantitative estimate of drug-likeness (QED) is 0.539. The van der Waals surface area contributed by atoms with E-state index in [4.69, 9.17) is 4.74 Å². The summed E-state index contributed by atoms with van der Waals surface area (Å²) in [5.74, 6) is 0.905. The number of aliphatic hydroxyl groups is 1. The number of ether oxygens (including phenoxy) is 1. The van der Waals surface area contributed by atoms with Gasteiger partial charge in [0.1, 0.15) is 0 Å². The first-order chi connectivity index (χ1) is 16.1. The van der Waals surface area contributed by atoms with Crippen LogP contribution in [0, 0.1) is 23.1 Å². The number of hydrogen-bond acceptors (Lipinski definition) is 4. The first-order valence-corrected chi connectivity index (χ1v) is 12.8. The lowest BCUT2D eigenvalue weighted by Crippen LogP contribution is -2.61. The summed E-state index contributed by atoms with van der Waals surface area (Å²) in [6.45, 7) is 2.10. The maximum absolute atomic E-state index is 13.8. The van der Waals surface area contributed by atoms with Crippen LogP contribution in [0.1, 0.15) is 76.7 Å². The van der Waals surface area contributed by atoms with E-state index in [-0.39, 0.29) is 29.0 Å². The second kappa shape index (κ2) is 8.51. The van der Waals surface area contributed by atoms with Crippen LogP contribution < -0.4 is 15.4 Å². The van der Waals surface area contributed by atoms with Crippen molar-refractivity contribution in [3.05, 3.63) is 29.6 Å². The van der Waals surface area contributed by atoms with Gasteiger partial charge in [-0.2, -0.15) is 0 Å². The van der Waals surface area contributed by atoms with Crippen molar-refractivity contribution < 1.29 is 23.8 Å². The molecular formula is C27H37FN2O4. The van der Waals surface area contributed by atoms with Gasteiger partial charge < -0.3 is 20.5 Å². The zero-order valence-corrected chi connectivity index (χ0v) is 20.3. The molecule has 0 spiro atoms. The highest BCUT2D eigenvalue weighted by atomic mass is 19.1. The summed E-state index contributed by atoms with van der Waals surface area (Å²) in [4.78, 5) is 25.2. The van der Waals surface area contributed by atoms with Gasteiger partial charge in [0, 0.05) is 24.4 Å². The van der Waals surface area contributed by atoms with Crippen LogP contribution in [0.5, 0.6) is 5.75 Å². The molecule has 4 saturated carbocycles. The van der Waals surface area contributed by atoms with Crippen molar-refractivity contribution in [2.24, 2.45) is 17.3 Å². The number of nitrogens with one attached hydrogen (secondary N) is 2. The average Bonchev–Trinajstić information content (AvgIpc) is 3.12. The van der Waals surface area contributed by atoms with Crippen LogP contribution >= 0.6 is 0 Å². The highest BCUT2D eigenvalue weighted by Crippen LogP contribution is 2.62. The van der Waals surface area contributed by atoms with Crippen molar-refractivity contribution in [3.8, 4) is 5.75 Å². The molecule has 1 aliphatic heterocycles. The Bertz CT molecular complexity index is 967. The van der Waals surface area contributed by atoms with Crippen molar-refractivity contribution in [1.29, 1.82) is 0 Å². The van der Waals surface area contributed by atoms with E-state index in [9.17, 15) is 19.1 Å². The standard InChI is InChI=1S/C27H37FN2O4/c1-17(25-11-19-9-20(12-25)15-27(33,14-19)16-25)29-23(31)5-7-26(8-6-24(32)30-26)13-18-3-4-21(28)22(10-18)34-2/h3-4,10,17,19-20,33H,5-9,11-16H2,1-2H3,(H,29,31)(H,30,32)/t17-,19-,20+,25?,26-,27?/m1/s1. The summed E-state index contributed by atoms with van der Waals surface area (Å²) in [5, 5.41) is 17.4. The summed E-state index contributed by atoms with van der Waals surface area (Å²) in [7, 11) is 1.43. The first-order valence-electron chi connectivity index (χ1n) is 12.8. The van der Waals surface area contributed by atoms with Crippen molar-refractivity contribution in [1.82, 2.24) is 10.6 Å². The van der Waals surface area contributed by atoms with Gasteiger partial charge in [0.15, 0.2) is 11.6 Å². The zero-order valence-electron chi connectivity index (χ0n) is 20.3. The largest absolute Gasteiger partial charge is 0.494 e. The summed E-state index contributed by atoms with van der Waals surface area (Å²) in [6.07, 6.45) is 8.50. The molecule has 7 heteroatoms. The van der Waals surface area contributed by atoms with Crippen LogP contribution in [0.2, 0.25) is 0 Å². The van der Waals surface area contributed by atoms with Gasteiger partial charge in [-0.25, -0.2) is 4.39 Å². The Hall–Kier alpha value is -2.15. The minimum atomic E-state index is -0.544. The van der Waals surface area contributed by atoms with Gasteiger partial charge in [0.05, 0.1) is 12.7 Å². The smallest absolute Gasteiger partial charge is 0.220 e. The fourth-order valence-corrected chi connectivity index (χ4v) is 8.00. The molecule has 6 nitrogen and oxygen atoms in total. The second-order valence-corrected chi connectivity index (χ2v) is 11.8. The highest BCUT2D eigenvalue weighted by Gasteiger charge is 2.59.